The monoisotopic (exact) mass is 330 g/mol. The van der Waals surface area contributed by atoms with Gasteiger partial charge in [0.25, 0.3) is 0 Å². The number of nitrogens with two attached hydrogens (primary N) is 1. The Hall–Kier alpha value is -2.19. The second kappa shape index (κ2) is 5.47. The molecule has 3 aromatic rings. The smallest absolute Gasteiger partial charge is 0.222 e. The summed E-state index contributed by atoms with van der Waals surface area (Å²) in [6.45, 7) is 5.75. The van der Waals surface area contributed by atoms with Crippen molar-refractivity contribution < 1.29 is 4.74 Å². The lowest BCUT2D eigenvalue weighted by atomic mass is 10.2. The van der Waals surface area contributed by atoms with Gasteiger partial charge in [0.2, 0.25) is 5.95 Å². The molecule has 0 aromatic carbocycles. The van der Waals surface area contributed by atoms with E-state index in [0.717, 1.165) is 39.7 Å². The van der Waals surface area contributed by atoms with Crippen molar-refractivity contribution in [3.8, 4) is 10.6 Å². The third-order valence-corrected chi connectivity index (χ3v) is 5.01. The number of thiophene rings is 1. The maximum atomic E-state index is 5.93. The second-order valence-corrected chi connectivity index (χ2v) is 6.92. The van der Waals surface area contributed by atoms with Crippen molar-refractivity contribution >= 4 is 33.3 Å². The zero-order valence-electron chi connectivity index (χ0n) is 13.0. The summed E-state index contributed by atoms with van der Waals surface area (Å²) in [6, 6.07) is 3.97. The van der Waals surface area contributed by atoms with Gasteiger partial charge in [0, 0.05) is 19.3 Å². The molecule has 23 heavy (non-hydrogen) atoms. The lowest BCUT2D eigenvalue weighted by Gasteiger charge is -2.36. The zero-order chi connectivity index (χ0) is 16.0. The molecule has 2 atom stereocenters. The molecule has 3 aromatic heterocycles. The van der Waals surface area contributed by atoms with E-state index in [4.69, 9.17) is 10.5 Å². The molecule has 7 nitrogen and oxygen atoms in total. The van der Waals surface area contributed by atoms with Crippen molar-refractivity contribution in [2.24, 2.45) is 0 Å². The molecule has 0 bridgehead atoms. The van der Waals surface area contributed by atoms with E-state index in [1.165, 1.54) is 0 Å². The van der Waals surface area contributed by atoms with Crippen LogP contribution in [0.25, 0.3) is 20.8 Å². The number of anilines is 2. The first-order valence-corrected chi connectivity index (χ1v) is 8.39. The third kappa shape index (κ3) is 2.64. The second-order valence-electron chi connectivity index (χ2n) is 5.86. The first-order valence-electron chi connectivity index (χ1n) is 7.57. The molecule has 1 aliphatic rings. The van der Waals surface area contributed by atoms with Gasteiger partial charge in [-0.3, -0.25) is 5.10 Å². The Morgan fingerprint density at radius 2 is 2.09 bits per heavy atom. The molecule has 0 saturated carbocycles. The van der Waals surface area contributed by atoms with Gasteiger partial charge >= 0.3 is 0 Å². The molecule has 1 fully saturated rings. The molecule has 8 heteroatoms. The number of ether oxygens (including phenoxy) is 1. The minimum atomic E-state index is 0.164. The van der Waals surface area contributed by atoms with Crippen LogP contribution in [0.3, 0.4) is 0 Å². The first-order chi connectivity index (χ1) is 11.1. The van der Waals surface area contributed by atoms with Crippen LogP contribution < -0.4 is 10.6 Å². The number of aromatic nitrogens is 4. The summed E-state index contributed by atoms with van der Waals surface area (Å²) < 4.78 is 6.86. The van der Waals surface area contributed by atoms with Crippen LogP contribution in [-0.4, -0.2) is 45.5 Å². The van der Waals surface area contributed by atoms with Crippen LogP contribution in [0.4, 0.5) is 11.8 Å². The SMILES string of the molecule is C[C@@H]1CN(c2nc(N)nc3cc(-c4ccn[nH]4)sc23)C[C@@H](C)O1. The Balaban J connectivity index is 1.82. The number of nitrogens with one attached hydrogen (secondary N) is 1. The summed E-state index contributed by atoms with van der Waals surface area (Å²) in [5.74, 6) is 1.19. The number of fused-ring (bicyclic) bond motifs is 1. The van der Waals surface area contributed by atoms with E-state index in [-0.39, 0.29) is 12.2 Å². The van der Waals surface area contributed by atoms with Crippen LogP contribution >= 0.6 is 11.3 Å². The van der Waals surface area contributed by atoms with Gasteiger partial charge in [-0.15, -0.1) is 11.3 Å². The number of nitrogen functional groups attached to an aromatic ring is 1. The highest BCUT2D eigenvalue weighted by Gasteiger charge is 2.26. The fourth-order valence-corrected chi connectivity index (χ4v) is 4.11. The number of aromatic amines is 1. The summed E-state index contributed by atoms with van der Waals surface area (Å²) >= 11 is 1.65. The molecule has 0 radical (unpaired) electrons. The van der Waals surface area contributed by atoms with Crippen molar-refractivity contribution in [3.05, 3.63) is 18.3 Å². The molecule has 4 heterocycles. The number of hydrogen-bond acceptors (Lipinski definition) is 7. The van der Waals surface area contributed by atoms with E-state index < -0.39 is 0 Å². The summed E-state index contributed by atoms with van der Waals surface area (Å²) in [5.41, 5.74) is 7.78. The Kier molecular flexibility index (Phi) is 3.42. The highest BCUT2D eigenvalue weighted by Crippen LogP contribution is 2.37. The van der Waals surface area contributed by atoms with Crippen molar-refractivity contribution in [3.63, 3.8) is 0 Å². The van der Waals surface area contributed by atoms with Gasteiger partial charge < -0.3 is 15.4 Å². The Bertz CT molecular complexity index is 820. The van der Waals surface area contributed by atoms with Crippen molar-refractivity contribution in [2.75, 3.05) is 23.7 Å². The molecule has 0 spiro atoms. The largest absolute Gasteiger partial charge is 0.372 e. The normalized spacial score (nSPS) is 21.9. The van der Waals surface area contributed by atoms with Crippen LogP contribution in [0.2, 0.25) is 0 Å². The van der Waals surface area contributed by atoms with Gasteiger partial charge in [-0.05, 0) is 26.0 Å². The minimum Gasteiger partial charge on any atom is -0.372 e. The van der Waals surface area contributed by atoms with Crippen molar-refractivity contribution in [2.45, 2.75) is 26.1 Å². The highest BCUT2D eigenvalue weighted by atomic mass is 32.1. The lowest BCUT2D eigenvalue weighted by molar-refractivity contribution is -0.00535. The molecule has 0 aliphatic carbocycles. The topological polar surface area (TPSA) is 93.0 Å². The van der Waals surface area contributed by atoms with E-state index >= 15 is 0 Å². The Morgan fingerprint density at radius 1 is 1.30 bits per heavy atom. The van der Waals surface area contributed by atoms with Gasteiger partial charge in [0.1, 0.15) is 0 Å². The molecule has 3 N–H and O–H groups in total. The van der Waals surface area contributed by atoms with E-state index in [9.17, 15) is 0 Å². The predicted molar refractivity (Wildman–Crippen MR) is 91.6 cm³/mol. The first kappa shape index (κ1) is 14.4. The molecule has 0 amide bonds. The molecule has 1 saturated heterocycles. The number of nitrogens with zero attached hydrogens (tertiary/aromatic N) is 4. The molecule has 4 rings (SSSR count). The van der Waals surface area contributed by atoms with Crippen LogP contribution in [0, 0.1) is 0 Å². The molecular weight excluding hydrogens is 312 g/mol. The van der Waals surface area contributed by atoms with Gasteiger partial charge in [0.05, 0.1) is 33.0 Å². The zero-order valence-corrected chi connectivity index (χ0v) is 13.8. The Morgan fingerprint density at radius 3 is 2.78 bits per heavy atom. The minimum absolute atomic E-state index is 0.164. The van der Waals surface area contributed by atoms with E-state index in [2.05, 4.69) is 38.9 Å². The van der Waals surface area contributed by atoms with Crippen LogP contribution in [0.5, 0.6) is 0 Å². The molecular formula is C15H18N6OS. The highest BCUT2D eigenvalue weighted by molar-refractivity contribution is 7.22. The van der Waals surface area contributed by atoms with E-state index in [1.807, 2.05) is 12.1 Å². The van der Waals surface area contributed by atoms with Crippen LogP contribution in [0.1, 0.15) is 13.8 Å². The van der Waals surface area contributed by atoms with E-state index in [1.54, 1.807) is 17.5 Å². The standard InChI is InChI=1S/C15H18N6OS/c1-8-6-21(7-9(2)22-8)14-13-11(18-15(16)19-14)5-12(23-13)10-3-4-17-20-10/h3-5,8-9H,6-7H2,1-2H3,(H,17,20)(H2,16,18,19)/t8-,9-/m1/s1. The summed E-state index contributed by atoms with van der Waals surface area (Å²) in [5, 5.41) is 7.00. The van der Waals surface area contributed by atoms with Crippen molar-refractivity contribution in [1.82, 2.24) is 20.2 Å². The number of hydrogen-bond donors (Lipinski definition) is 2. The number of rotatable bonds is 2. The molecule has 1 aliphatic heterocycles. The lowest BCUT2D eigenvalue weighted by Crippen LogP contribution is -2.46. The predicted octanol–water partition coefficient (Wildman–Crippen LogP) is 2.28. The molecule has 120 valence electrons. The maximum absolute atomic E-state index is 5.93. The quantitative estimate of drug-likeness (QED) is 0.749. The summed E-state index contributed by atoms with van der Waals surface area (Å²) in [7, 11) is 0. The fourth-order valence-electron chi connectivity index (χ4n) is 3.02. The third-order valence-electron chi connectivity index (χ3n) is 3.86. The average molecular weight is 330 g/mol. The number of H-pyrrole nitrogens is 1. The van der Waals surface area contributed by atoms with E-state index in [0.29, 0.717) is 5.95 Å². The summed E-state index contributed by atoms with van der Waals surface area (Å²) in [4.78, 5) is 12.2. The molecule has 0 unspecified atom stereocenters. The van der Waals surface area contributed by atoms with Gasteiger partial charge in [-0.2, -0.15) is 10.1 Å². The number of morpholine rings is 1. The maximum Gasteiger partial charge on any atom is 0.222 e. The van der Waals surface area contributed by atoms with Crippen LogP contribution in [0.15, 0.2) is 18.3 Å². The Labute approximate surface area is 137 Å². The van der Waals surface area contributed by atoms with Gasteiger partial charge in [-0.1, -0.05) is 0 Å². The van der Waals surface area contributed by atoms with Gasteiger partial charge in [0.15, 0.2) is 5.82 Å². The van der Waals surface area contributed by atoms with Gasteiger partial charge in [-0.25, -0.2) is 4.98 Å². The van der Waals surface area contributed by atoms with Crippen LogP contribution in [-0.2, 0) is 4.74 Å². The average Bonchev–Trinajstić information content (AvgIpc) is 3.13. The fraction of sp³-hybridized carbons (Fsp3) is 0.400. The summed E-state index contributed by atoms with van der Waals surface area (Å²) in [6.07, 6.45) is 2.07. The van der Waals surface area contributed by atoms with Crippen molar-refractivity contribution in [1.29, 1.82) is 0 Å².